The van der Waals surface area contributed by atoms with Gasteiger partial charge in [-0.05, 0) is 42.2 Å². The molecule has 0 saturated heterocycles. The molecular weight excluding hydrogens is 172 g/mol. The van der Waals surface area contributed by atoms with Crippen molar-refractivity contribution in [2.45, 2.75) is 32.6 Å². The van der Waals surface area contributed by atoms with Gasteiger partial charge in [-0.3, -0.25) is 0 Å². The number of rotatable bonds is 4. The number of aryl methyl sites for hydroxylation is 1. The van der Waals surface area contributed by atoms with Crippen molar-refractivity contribution >= 4 is 0 Å². The molecule has 76 valence electrons. The van der Waals surface area contributed by atoms with E-state index in [4.69, 9.17) is 0 Å². The highest BCUT2D eigenvalue weighted by Crippen LogP contribution is 2.47. The van der Waals surface area contributed by atoms with E-state index in [9.17, 15) is 5.11 Å². The minimum atomic E-state index is 0.242. The van der Waals surface area contributed by atoms with Gasteiger partial charge in [0.15, 0.2) is 0 Å². The maximum atomic E-state index is 9.24. The van der Waals surface area contributed by atoms with Crippen LogP contribution in [0.25, 0.3) is 0 Å². The highest BCUT2D eigenvalue weighted by atomic mass is 16.3. The molecule has 1 aliphatic rings. The topological polar surface area (TPSA) is 20.2 Å². The van der Waals surface area contributed by atoms with Gasteiger partial charge in [0.25, 0.3) is 0 Å². The molecule has 1 saturated carbocycles. The SMILES string of the molecule is CCc1cccc(CC2(CO)CC2)c1. The Labute approximate surface area is 85.8 Å². The molecule has 0 aliphatic heterocycles. The molecule has 1 N–H and O–H groups in total. The molecule has 1 aliphatic carbocycles. The van der Waals surface area contributed by atoms with Crippen molar-refractivity contribution in [3.63, 3.8) is 0 Å². The van der Waals surface area contributed by atoms with Crippen molar-refractivity contribution in [3.8, 4) is 0 Å². The molecule has 1 aromatic rings. The van der Waals surface area contributed by atoms with E-state index in [0.29, 0.717) is 6.61 Å². The van der Waals surface area contributed by atoms with Gasteiger partial charge in [-0.1, -0.05) is 31.2 Å². The van der Waals surface area contributed by atoms with Crippen LogP contribution in [0, 0.1) is 5.41 Å². The third kappa shape index (κ3) is 1.98. The third-order valence-electron chi connectivity index (χ3n) is 3.27. The molecule has 2 rings (SSSR count). The molecule has 0 unspecified atom stereocenters. The van der Waals surface area contributed by atoms with Gasteiger partial charge in [0.2, 0.25) is 0 Å². The molecule has 0 amide bonds. The first kappa shape index (κ1) is 9.72. The molecule has 1 fully saturated rings. The van der Waals surface area contributed by atoms with Crippen molar-refractivity contribution in [2.75, 3.05) is 6.61 Å². The Balaban J connectivity index is 2.09. The van der Waals surface area contributed by atoms with Crippen LogP contribution in [0.2, 0.25) is 0 Å². The Kier molecular flexibility index (Phi) is 2.60. The van der Waals surface area contributed by atoms with Gasteiger partial charge in [0.1, 0.15) is 0 Å². The van der Waals surface area contributed by atoms with E-state index in [2.05, 4.69) is 31.2 Å². The summed E-state index contributed by atoms with van der Waals surface area (Å²) in [5.41, 5.74) is 3.03. The zero-order valence-corrected chi connectivity index (χ0v) is 8.79. The largest absolute Gasteiger partial charge is 0.396 e. The first-order valence-corrected chi connectivity index (χ1v) is 5.47. The first-order chi connectivity index (χ1) is 6.78. The van der Waals surface area contributed by atoms with Crippen LogP contribution in [-0.4, -0.2) is 11.7 Å². The van der Waals surface area contributed by atoms with Crippen LogP contribution in [0.5, 0.6) is 0 Å². The van der Waals surface area contributed by atoms with Crippen molar-refractivity contribution < 1.29 is 5.11 Å². The standard InChI is InChI=1S/C13H18O/c1-2-11-4-3-5-12(8-11)9-13(10-14)6-7-13/h3-5,8,14H,2,6-7,9-10H2,1H3. The Hall–Kier alpha value is -0.820. The Morgan fingerprint density at radius 2 is 2.00 bits per heavy atom. The molecule has 0 heterocycles. The minimum Gasteiger partial charge on any atom is -0.396 e. The van der Waals surface area contributed by atoms with Gasteiger partial charge in [0, 0.05) is 6.61 Å². The van der Waals surface area contributed by atoms with Crippen LogP contribution < -0.4 is 0 Å². The first-order valence-electron chi connectivity index (χ1n) is 5.47. The van der Waals surface area contributed by atoms with Gasteiger partial charge in [-0.15, -0.1) is 0 Å². The smallest absolute Gasteiger partial charge is 0.0490 e. The van der Waals surface area contributed by atoms with Crippen LogP contribution in [0.3, 0.4) is 0 Å². The van der Waals surface area contributed by atoms with E-state index in [1.165, 1.54) is 24.0 Å². The molecule has 0 bridgehead atoms. The third-order valence-corrected chi connectivity index (χ3v) is 3.27. The summed E-state index contributed by atoms with van der Waals surface area (Å²) in [5, 5.41) is 9.24. The van der Waals surface area contributed by atoms with Crippen LogP contribution in [0.15, 0.2) is 24.3 Å². The highest BCUT2D eigenvalue weighted by Gasteiger charge is 2.41. The van der Waals surface area contributed by atoms with Gasteiger partial charge < -0.3 is 5.11 Å². The fourth-order valence-electron chi connectivity index (χ4n) is 1.96. The van der Waals surface area contributed by atoms with Crippen molar-refractivity contribution in [1.82, 2.24) is 0 Å². The Morgan fingerprint density at radius 3 is 2.57 bits per heavy atom. The van der Waals surface area contributed by atoms with E-state index in [1.807, 2.05) is 0 Å². The lowest BCUT2D eigenvalue weighted by molar-refractivity contribution is 0.211. The molecule has 0 spiro atoms. The summed E-state index contributed by atoms with van der Waals surface area (Å²) in [7, 11) is 0. The molecule has 1 aromatic carbocycles. The average molecular weight is 190 g/mol. The molecule has 0 radical (unpaired) electrons. The van der Waals surface area contributed by atoms with Crippen LogP contribution >= 0.6 is 0 Å². The zero-order valence-electron chi connectivity index (χ0n) is 8.79. The van der Waals surface area contributed by atoms with Crippen molar-refractivity contribution in [3.05, 3.63) is 35.4 Å². The second-order valence-electron chi connectivity index (χ2n) is 4.51. The van der Waals surface area contributed by atoms with E-state index >= 15 is 0 Å². The summed E-state index contributed by atoms with van der Waals surface area (Å²) in [6.07, 6.45) is 4.54. The van der Waals surface area contributed by atoms with E-state index in [0.717, 1.165) is 12.8 Å². The monoisotopic (exact) mass is 190 g/mol. The average Bonchev–Trinajstić information content (AvgIpc) is 2.99. The summed E-state index contributed by atoms with van der Waals surface area (Å²) in [4.78, 5) is 0. The minimum absolute atomic E-state index is 0.242. The quantitative estimate of drug-likeness (QED) is 0.773. The Morgan fingerprint density at radius 1 is 1.29 bits per heavy atom. The molecule has 0 aromatic heterocycles. The predicted molar refractivity (Wildman–Crippen MR) is 58.3 cm³/mol. The fourth-order valence-corrected chi connectivity index (χ4v) is 1.96. The lowest BCUT2D eigenvalue weighted by atomic mass is 9.96. The summed E-state index contributed by atoms with van der Waals surface area (Å²) in [6.45, 7) is 2.53. The van der Waals surface area contributed by atoms with Crippen molar-refractivity contribution in [1.29, 1.82) is 0 Å². The summed E-state index contributed by atoms with van der Waals surface area (Å²) in [6, 6.07) is 8.74. The van der Waals surface area contributed by atoms with Crippen LogP contribution in [0.4, 0.5) is 0 Å². The molecule has 1 nitrogen and oxygen atoms in total. The van der Waals surface area contributed by atoms with Crippen LogP contribution in [-0.2, 0) is 12.8 Å². The van der Waals surface area contributed by atoms with E-state index in [-0.39, 0.29) is 5.41 Å². The van der Waals surface area contributed by atoms with Gasteiger partial charge in [-0.25, -0.2) is 0 Å². The molecule has 14 heavy (non-hydrogen) atoms. The maximum Gasteiger partial charge on any atom is 0.0490 e. The van der Waals surface area contributed by atoms with E-state index < -0.39 is 0 Å². The summed E-state index contributed by atoms with van der Waals surface area (Å²) >= 11 is 0. The van der Waals surface area contributed by atoms with Crippen molar-refractivity contribution in [2.24, 2.45) is 5.41 Å². The normalized spacial score (nSPS) is 18.1. The lowest BCUT2D eigenvalue weighted by Crippen LogP contribution is -2.10. The maximum absolute atomic E-state index is 9.24. The second kappa shape index (κ2) is 3.74. The molecule has 1 heteroatoms. The summed E-state index contributed by atoms with van der Waals surface area (Å²) in [5.74, 6) is 0. The van der Waals surface area contributed by atoms with Gasteiger partial charge in [0.05, 0.1) is 0 Å². The number of hydrogen-bond acceptors (Lipinski definition) is 1. The number of aliphatic hydroxyl groups excluding tert-OH is 1. The highest BCUT2D eigenvalue weighted by molar-refractivity contribution is 5.25. The number of benzene rings is 1. The number of hydrogen-bond donors (Lipinski definition) is 1. The molecular formula is C13H18O. The number of aliphatic hydroxyl groups is 1. The predicted octanol–water partition coefficient (Wildman–Crippen LogP) is 2.56. The fraction of sp³-hybridized carbons (Fsp3) is 0.538. The lowest BCUT2D eigenvalue weighted by Gasteiger charge is -2.11. The van der Waals surface area contributed by atoms with Gasteiger partial charge >= 0.3 is 0 Å². The zero-order chi connectivity index (χ0) is 10.0. The molecule has 0 atom stereocenters. The van der Waals surface area contributed by atoms with Crippen LogP contribution in [0.1, 0.15) is 30.9 Å². The summed E-state index contributed by atoms with van der Waals surface area (Å²) < 4.78 is 0. The Bertz CT molecular complexity index is 313. The van der Waals surface area contributed by atoms with E-state index in [1.54, 1.807) is 0 Å². The second-order valence-corrected chi connectivity index (χ2v) is 4.51. The van der Waals surface area contributed by atoms with Gasteiger partial charge in [-0.2, -0.15) is 0 Å².